The van der Waals surface area contributed by atoms with Crippen LogP contribution in [-0.4, -0.2) is 38.0 Å². The van der Waals surface area contributed by atoms with Crippen molar-refractivity contribution in [2.75, 3.05) is 19.3 Å². The second-order valence-corrected chi connectivity index (χ2v) is 7.01. The lowest BCUT2D eigenvalue weighted by Gasteiger charge is -2.20. The summed E-state index contributed by atoms with van der Waals surface area (Å²) in [5, 5.41) is 2.73. The Labute approximate surface area is 121 Å². The first-order valence-electron chi connectivity index (χ1n) is 6.57. The minimum absolute atomic E-state index is 0.0711. The minimum Gasteiger partial charge on any atom is -0.355 e. The molecule has 5 nitrogen and oxygen atoms in total. The van der Waals surface area contributed by atoms with Gasteiger partial charge in [-0.3, -0.25) is 4.79 Å². The number of carbonyl (C=O) groups is 1. The number of sulfonamides is 1. The van der Waals surface area contributed by atoms with Gasteiger partial charge in [0.1, 0.15) is 0 Å². The molecular weight excluding hydrogens is 276 g/mol. The van der Waals surface area contributed by atoms with Crippen LogP contribution in [0.25, 0.3) is 0 Å². The predicted molar refractivity (Wildman–Crippen MR) is 79.5 cm³/mol. The van der Waals surface area contributed by atoms with Crippen LogP contribution in [0.4, 0.5) is 0 Å². The molecule has 0 aromatic heterocycles. The summed E-state index contributed by atoms with van der Waals surface area (Å²) in [4.78, 5) is 11.5. The van der Waals surface area contributed by atoms with Crippen molar-refractivity contribution in [3.63, 3.8) is 0 Å². The van der Waals surface area contributed by atoms with Crippen molar-refractivity contribution in [2.24, 2.45) is 5.92 Å². The number of hydrogen-bond donors (Lipinski definition) is 1. The van der Waals surface area contributed by atoms with Gasteiger partial charge in [-0.1, -0.05) is 44.2 Å². The van der Waals surface area contributed by atoms with Crippen LogP contribution in [0.15, 0.2) is 30.3 Å². The lowest BCUT2D eigenvalue weighted by Crippen LogP contribution is -2.38. The van der Waals surface area contributed by atoms with Crippen molar-refractivity contribution in [1.82, 2.24) is 9.62 Å². The summed E-state index contributed by atoms with van der Waals surface area (Å²) < 4.78 is 24.9. The van der Waals surface area contributed by atoms with Crippen molar-refractivity contribution in [1.29, 1.82) is 0 Å². The maximum Gasteiger partial charge on any atom is 0.222 e. The van der Waals surface area contributed by atoms with E-state index in [2.05, 4.69) is 5.32 Å². The molecule has 20 heavy (non-hydrogen) atoms. The molecule has 0 heterocycles. The van der Waals surface area contributed by atoms with E-state index in [-0.39, 0.29) is 18.4 Å². The quantitative estimate of drug-likeness (QED) is 0.823. The number of hydrogen-bond acceptors (Lipinski definition) is 3. The first kappa shape index (κ1) is 16.7. The normalized spacial score (nSPS) is 11.8. The standard InChI is InChI=1S/C14H22N2O3S/c1-12(2)14(17)15-9-10-16(20(3,18)19)11-13-7-5-4-6-8-13/h4-8,12H,9-11H2,1-3H3,(H,15,17). The molecule has 0 bridgehead atoms. The fourth-order valence-corrected chi connectivity index (χ4v) is 2.46. The van der Waals surface area contributed by atoms with E-state index in [1.54, 1.807) is 13.8 Å². The Morgan fingerprint density at radius 3 is 2.35 bits per heavy atom. The molecule has 0 radical (unpaired) electrons. The lowest BCUT2D eigenvalue weighted by atomic mass is 10.2. The molecule has 112 valence electrons. The topological polar surface area (TPSA) is 66.5 Å². The van der Waals surface area contributed by atoms with Gasteiger partial charge in [-0.2, -0.15) is 4.31 Å². The zero-order chi connectivity index (χ0) is 15.2. The Bertz CT molecular complexity index is 527. The molecule has 0 fully saturated rings. The number of amides is 1. The van der Waals surface area contributed by atoms with Crippen LogP contribution >= 0.6 is 0 Å². The van der Waals surface area contributed by atoms with E-state index in [0.29, 0.717) is 13.1 Å². The van der Waals surface area contributed by atoms with Crippen LogP contribution in [0.1, 0.15) is 19.4 Å². The van der Waals surface area contributed by atoms with E-state index in [0.717, 1.165) is 5.56 Å². The molecule has 0 saturated carbocycles. The largest absolute Gasteiger partial charge is 0.355 e. The molecule has 1 amide bonds. The Balaban J connectivity index is 2.61. The van der Waals surface area contributed by atoms with Crippen molar-refractivity contribution >= 4 is 15.9 Å². The second kappa shape index (κ2) is 7.40. The summed E-state index contributed by atoms with van der Waals surface area (Å²) in [6.07, 6.45) is 1.18. The Kier molecular flexibility index (Phi) is 6.16. The van der Waals surface area contributed by atoms with E-state index in [9.17, 15) is 13.2 Å². The van der Waals surface area contributed by atoms with Gasteiger partial charge in [0.25, 0.3) is 0 Å². The van der Waals surface area contributed by atoms with E-state index in [1.165, 1.54) is 10.6 Å². The summed E-state index contributed by atoms with van der Waals surface area (Å²) in [5.74, 6) is -0.172. The molecule has 6 heteroatoms. The Morgan fingerprint density at radius 1 is 1.25 bits per heavy atom. The smallest absolute Gasteiger partial charge is 0.222 e. The van der Waals surface area contributed by atoms with Gasteiger partial charge in [0.15, 0.2) is 0 Å². The van der Waals surface area contributed by atoms with Crippen LogP contribution < -0.4 is 5.32 Å². The number of nitrogens with one attached hydrogen (secondary N) is 1. The third-order valence-corrected chi connectivity index (χ3v) is 4.11. The maximum absolute atomic E-state index is 11.8. The number of carbonyl (C=O) groups excluding carboxylic acids is 1. The highest BCUT2D eigenvalue weighted by atomic mass is 32.2. The van der Waals surface area contributed by atoms with E-state index >= 15 is 0 Å². The molecule has 0 atom stereocenters. The van der Waals surface area contributed by atoms with E-state index < -0.39 is 10.0 Å². The fourth-order valence-electron chi connectivity index (χ4n) is 1.66. The molecule has 0 unspecified atom stereocenters. The summed E-state index contributed by atoms with van der Waals surface area (Å²) >= 11 is 0. The molecule has 1 aromatic carbocycles. The monoisotopic (exact) mass is 298 g/mol. The summed E-state index contributed by atoms with van der Waals surface area (Å²) in [6.45, 7) is 4.50. The average Bonchev–Trinajstić information content (AvgIpc) is 2.37. The number of benzene rings is 1. The van der Waals surface area contributed by atoms with Crippen LogP contribution in [0.5, 0.6) is 0 Å². The van der Waals surface area contributed by atoms with Crippen molar-refractivity contribution in [3.8, 4) is 0 Å². The third kappa shape index (κ3) is 5.71. The molecule has 0 spiro atoms. The van der Waals surface area contributed by atoms with Crippen molar-refractivity contribution in [3.05, 3.63) is 35.9 Å². The zero-order valence-electron chi connectivity index (χ0n) is 12.2. The summed E-state index contributed by atoms with van der Waals surface area (Å²) in [6, 6.07) is 9.39. The lowest BCUT2D eigenvalue weighted by molar-refractivity contribution is -0.123. The molecule has 0 aliphatic heterocycles. The predicted octanol–water partition coefficient (Wildman–Crippen LogP) is 1.22. The molecule has 1 N–H and O–H groups in total. The number of nitrogens with zero attached hydrogens (tertiary/aromatic N) is 1. The Hall–Kier alpha value is -1.40. The van der Waals surface area contributed by atoms with Gasteiger partial charge in [0.05, 0.1) is 6.26 Å². The van der Waals surface area contributed by atoms with Crippen molar-refractivity contribution < 1.29 is 13.2 Å². The summed E-state index contributed by atoms with van der Waals surface area (Å²) in [7, 11) is -3.30. The maximum atomic E-state index is 11.8. The van der Waals surface area contributed by atoms with Gasteiger partial charge < -0.3 is 5.32 Å². The SMILES string of the molecule is CC(C)C(=O)NCCN(Cc1ccccc1)S(C)(=O)=O. The molecule has 1 rings (SSSR count). The van der Waals surface area contributed by atoms with Gasteiger partial charge in [0, 0.05) is 25.6 Å². The molecular formula is C14H22N2O3S. The average molecular weight is 298 g/mol. The first-order chi connectivity index (χ1) is 9.30. The molecule has 0 aliphatic rings. The highest BCUT2D eigenvalue weighted by Gasteiger charge is 2.17. The zero-order valence-corrected chi connectivity index (χ0v) is 13.0. The van der Waals surface area contributed by atoms with Gasteiger partial charge in [-0.05, 0) is 5.56 Å². The van der Waals surface area contributed by atoms with Crippen LogP contribution in [-0.2, 0) is 21.4 Å². The Morgan fingerprint density at radius 2 is 1.85 bits per heavy atom. The van der Waals surface area contributed by atoms with E-state index in [1.807, 2.05) is 30.3 Å². The summed E-state index contributed by atoms with van der Waals surface area (Å²) in [5.41, 5.74) is 0.924. The highest BCUT2D eigenvalue weighted by molar-refractivity contribution is 7.88. The van der Waals surface area contributed by atoms with Crippen LogP contribution in [0.3, 0.4) is 0 Å². The van der Waals surface area contributed by atoms with Gasteiger partial charge >= 0.3 is 0 Å². The van der Waals surface area contributed by atoms with Gasteiger partial charge in [-0.15, -0.1) is 0 Å². The minimum atomic E-state index is -3.30. The van der Waals surface area contributed by atoms with Crippen molar-refractivity contribution in [2.45, 2.75) is 20.4 Å². The van der Waals surface area contributed by atoms with Gasteiger partial charge in [0.2, 0.25) is 15.9 Å². The fraction of sp³-hybridized carbons (Fsp3) is 0.500. The van der Waals surface area contributed by atoms with Crippen LogP contribution in [0, 0.1) is 5.92 Å². The first-order valence-corrected chi connectivity index (χ1v) is 8.42. The second-order valence-electron chi connectivity index (χ2n) is 5.03. The van der Waals surface area contributed by atoms with E-state index in [4.69, 9.17) is 0 Å². The molecule has 0 aliphatic carbocycles. The van der Waals surface area contributed by atoms with Gasteiger partial charge in [-0.25, -0.2) is 8.42 Å². The third-order valence-electron chi connectivity index (χ3n) is 2.86. The molecule has 1 aromatic rings. The highest BCUT2D eigenvalue weighted by Crippen LogP contribution is 2.07. The van der Waals surface area contributed by atoms with Crippen LogP contribution in [0.2, 0.25) is 0 Å². The number of rotatable bonds is 7. The molecule has 0 saturated heterocycles.